The number of carbonyl (C=O) groups excluding carboxylic acids is 2. The Balaban J connectivity index is 0.00000336. The number of fused-ring (bicyclic) bond motifs is 1. The molecule has 1 heterocycles. The highest BCUT2D eigenvalue weighted by atomic mass is 32.2. The third-order valence-corrected chi connectivity index (χ3v) is 8.35. The molecule has 7 nitrogen and oxygen atoms in total. The van der Waals surface area contributed by atoms with Crippen LogP contribution in [0.4, 0.5) is 0 Å². The number of ether oxygens (including phenoxy) is 2. The van der Waals surface area contributed by atoms with Crippen LogP contribution in [0.25, 0.3) is 21.7 Å². The van der Waals surface area contributed by atoms with Crippen molar-refractivity contribution in [3.8, 4) is 5.88 Å². The zero-order chi connectivity index (χ0) is 25.9. The molecule has 3 N–H and O–H groups in total. The predicted octanol–water partition coefficient (Wildman–Crippen LogP) is 5.02. The lowest BCUT2D eigenvalue weighted by Crippen LogP contribution is -2.16. The van der Waals surface area contributed by atoms with E-state index in [2.05, 4.69) is 35.3 Å². The first-order valence-electron chi connectivity index (χ1n) is 12.4. The Morgan fingerprint density at radius 1 is 1.11 bits per heavy atom. The highest BCUT2D eigenvalue weighted by molar-refractivity contribution is 7.99. The second kappa shape index (κ2) is 11.9. The van der Waals surface area contributed by atoms with Crippen molar-refractivity contribution in [1.82, 2.24) is 4.98 Å². The molecule has 2 atom stereocenters. The molecule has 1 aliphatic rings. The maximum atomic E-state index is 12.2. The molecule has 0 spiro atoms. The fraction of sp³-hybridized carbons (Fsp3) is 0.300. The van der Waals surface area contributed by atoms with Crippen LogP contribution in [0.5, 0.6) is 5.88 Å². The molecule has 3 aromatic carbocycles. The van der Waals surface area contributed by atoms with Crippen LogP contribution in [0.1, 0.15) is 51.6 Å². The summed E-state index contributed by atoms with van der Waals surface area (Å²) in [5.41, 5.74) is 4.77. The zero-order valence-electron chi connectivity index (χ0n) is 21.4. The van der Waals surface area contributed by atoms with Crippen molar-refractivity contribution >= 4 is 45.7 Å². The van der Waals surface area contributed by atoms with E-state index < -0.39 is 12.1 Å². The molecule has 1 aromatic heterocycles. The molecule has 0 aliphatic heterocycles. The average Bonchev–Trinajstić information content (AvgIpc) is 3.35. The SMILES string of the molecule is COC(=O)c1cc2ccc(SC(c3ccc4c5c(cccc35)CC4)C(O)CCCC=O)cc2nc1OC.O. The van der Waals surface area contributed by atoms with Gasteiger partial charge in [0, 0.05) is 16.7 Å². The van der Waals surface area contributed by atoms with Gasteiger partial charge in [0.05, 0.1) is 31.1 Å². The lowest BCUT2D eigenvalue weighted by atomic mass is 9.94. The Morgan fingerprint density at radius 3 is 2.63 bits per heavy atom. The number of aryl methyl sites for hydroxylation is 2. The lowest BCUT2D eigenvalue weighted by Gasteiger charge is -2.25. The van der Waals surface area contributed by atoms with E-state index in [0.29, 0.717) is 24.8 Å². The molecule has 0 fully saturated rings. The number of esters is 1. The van der Waals surface area contributed by atoms with Gasteiger partial charge in [-0.2, -0.15) is 0 Å². The van der Waals surface area contributed by atoms with Gasteiger partial charge in [0.15, 0.2) is 0 Å². The number of benzene rings is 3. The summed E-state index contributed by atoms with van der Waals surface area (Å²) >= 11 is 1.59. The summed E-state index contributed by atoms with van der Waals surface area (Å²) in [5, 5.41) is 14.4. The number of aromatic nitrogens is 1. The molecule has 0 bridgehead atoms. The van der Waals surface area contributed by atoms with Crippen molar-refractivity contribution in [1.29, 1.82) is 0 Å². The van der Waals surface area contributed by atoms with Crippen molar-refractivity contribution in [2.75, 3.05) is 14.2 Å². The van der Waals surface area contributed by atoms with E-state index >= 15 is 0 Å². The number of aliphatic hydroxyl groups excluding tert-OH is 1. The van der Waals surface area contributed by atoms with E-state index in [1.165, 1.54) is 36.1 Å². The maximum absolute atomic E-state index is 12.2. The summed E-state index contributed by atoms with van der Waals surface area (Å²) in [7, 11) is 2.80. The number of hydrogen-bond donors (Lipinski definition) is 1. The van der Waals surface area contributed by atoms with E-state index in [0.717, 1.165) is 35.0 Å². The quantitative estimate of drug-likeness (QED) is 0.132. The van der Waals surface area contributed by atoms with Crippen LogP contribution in [-0.2, 0) is 22.4 Å². The number of hydrogen-bond acceptors (Lipinski definition) is 7. The molecule has 0 radical (unpaired) electrons. The monoisotopic (exact) mass is 533 g/mol. The highest BCUT2D eigenvalue weighted by Gasteiger charge is 2.27. The van der Waals surface area contributed by atoms with E-state index in [4.69, 9.17) is 9.47 Å². The number of unbranched alkanes of at least 4 members (excludes halogenated alkanes) is 1. The first-order chi connectivity index (χ1) is 18.0. The van der Waals surface area contributed by atoms with E-state index in [9.17, 15) is 14.7 Å². The minimum absolute atomic E-state index is 0. The summed E-state index contributed by atoms with van der Waals surface area (Å²) in [6, 6.07) is 18.4. The van der Waals surface area contributed by atoms with Crippen LogP contribution in [0.15, 0.2) is 59.5 Å². The molecule has 0 amide bonds. The first kappa shape index (κ1) is 27.6. The fourth-order valence-electron chi connectivity index (χ4n) is 5.19. The predicted molar refractivity (Wildman–Crippen MR) is 149 cm³/mol. The van der Waals surface area contributed by atoms with Gasteiger partial charge in [0.2, 0.25) is 5.88 Å². The molecular weight excluding hydrogens is 502 g/mol. The van der Waals surface area contributed by atoms with Gasteiger partial charge in [-0.1, -0.05) is 36.4 Å². The van der Waals surface area contributed by atoms with Gasteiger partial charge in [0.1, 0.15) is 11.8 Å². The van der Waals surface area contributed by atoms with Crippen LogP contribution >= 0.6 is 11.8 Å². The molecule has 0 saturated carbocycles. The number of aldehydes is 1. The summed E-state index contributed by atoms with van der Waals surface area (Å²) in [4.78, 5) is 28.5. The summed E-state index contributed by atoms with van der Waals surface area (Å²) in [6.45, 7) is 0. The summed E-state index contributed by atoms with van der Waals surface area (Å²) < 4.78 is 10.2. The summed E-state index contributed by atoms with van der Waals surface area (Å²) in [5.74, 6) is -0.297. The van der Waals surface area contributed by atoms with E-state index in [1.807, 2.05) is 18.2 Å². The highest BCUT2D eigenvalue weighted by Crippen LogP contribution is 2.45. The van der Waals surface area contributed by atoms with Gasteiger partial charge in [-0.3, -0.25) is 0 Å². The molecule has 5 rings (SSSR count). The number of thioether (sulfide) groups is 1. The van der Waals surface area contributed by atoms with Crippen LogP contribution < -0.4 is 4.74 Å². The average molecular weight is 534 g/mol. The molecule has 2 unspecified atom stereocenters. The number of aliphatic hydroxyl groups is 1. The Morgan fingerprint density at radius 2 is 1.89 bits per heavy atom. The summed E-state index contributed by atoms with van der Waals surface area (Å²) in [6.07, 6.45) is 3.95. The normalized spacial score (nSPS) is 13.7. The molecule has 38 heavy (non-hydrogen) atoms. The van der Waals surface area contributed by atoms with Gasteiger partial charge in [-0.15, -0.1) is 11.8 Å². The second-order valence-electron chi connectivity index (χ2n) is 9.25. The molecule has 198 valence electrons. The van der Waals surface area contributed by atoms with Crippen LogP contribution in [-0.4, -0.2) is 48.1 Å². The molecule has 8 heteroatoms. The maximum Gasteiger partial charge on any atom is 0.343 e. The van der Waals surface area contributed by atoms with E-state index in [-0.39, 0.29) is 22.2 Å². The number of pyridine rings is 1. The van der Waals surface area contributed by atoms with Gasteiger partial charge < -0.3 is 24.9 Å². The third kappa shape index (κ3) is 5.25. The van der Waals surface area contributed by atoms with Gasteiger partial charge in [0.25, 0.3) is 0 Å². The minimum atomic E-state index is -0.636. The minimum Gasteiger partial charge on any atom is -0.480 e. The first-order valence-corrected chi connectivity index (χ1v) is 13.3. The number of carbonyl (C=O) groups is 2. The number of methoxy groups -OCH3 is 2. The van der Waals surface area contributed by atoms with Crippen LogP contribution in [0.2, 0.25) is 0 Å². The van der Waals surface area contributed by atoms with Crippen molar-refractivity contribution in [2.45, 2.75) is 48.4 Å². The number of nitrogens with zero attached hydrogens (tertiary/aromatic N) is 1. The van der Waals surface area contributed by atoms with E-state index in [1.54, 1.807) is 17.8 Å². The largest absolute Gasteiger partial charge is 0.480 e. The Hall–Kier alpha value is -3.46. The molecule has 4 aromatic rings. The van der Waals surface area contributed by atoms with Gasteiger partial charge in [-0.05, 0) is 71.3 Å². The molecular formula is C30H31NO6S. The topological polar surface area (TPSA) is 117 Å². The van der Waals surface area contributed by atoms with Crippen molar-refractivity contribution < 1.29 is 29.6 Å². The van der Waals surface area contributed by atoms with Gasteiger partial charge >= 0.3 is 5.97 Å². The Labute approximate surface area is 225 Å². The molecule has 0 saturated heterocycles. The van der Waals surface area contributed by atoms with Crippen LogP contribution in [0, 0.1) is 0 Å². The molecule has 1 aliphatic carbocycles. The van der Waals surface area contributed by atoms with Crippen molar-refractivity contribution in [2.24, 2.45) is 0 Å². The van der Waals surface area contributed by atoms with Crippen molar-refractivity contribution in [3.05, 3.63) is 76.9 Å². The Bertz CT molecular complexity index is 1480. The number of rotatable bonds is 10. The standard InChI is InChI=1S/C30H29NO5S.H2O/c1-35-29-24(30(34)36-2)16-20-11-13-21(17-25(20)31-29)37-28(26(33)8-3-4-15-32)23-14-12-19-10-9-18-6-5-7-22(23)27(18)19;/h5-7,11-17,26,28,33H,3-4,8-10H2,1-2H3;1H2. The van der Waals surface area contributed by atoms with Crippen molar-refractivity contribution in [3.63, 3.8) is 0 Å². The Kier molecular flexibility index (Phi) is 8.66. The zero-order valence-corrected chi connectivity index (χ0v) is 22.2. The van der Waals surface area contributed by atoms with Gasteiger partial charge in [-0.25, -0.2) is 9.78 Å². The lowest BCUT2D eigenvalue weighted by molar-refractivity contribution is -0.108. The fourth-order valence-corrected chi connectivity index (χ4v) is 6.43. The second-order valence-corrected chi connectivity index (χ2v) is 10.5. The smallest absolute Gasteiger partial charge is 0.343 e. The third-order valence-electron chi connectivity index (χ3n) is 7.00. The van der Waals surface area contributed by atoms with Crippen LogP contribution in [0.3, 0.4) is 0 Å².